The van der Waals surface area contributed by atoms with Crippen LogP contribution in [0.2, 0.25) is 0 Å². The number of likely N-dealkylation sites (tertiary alicyclic amines) is 2. The molecule has 3 fully saturated rings. The molecule has 1 atom stereocenters. The van der Waals surface area contributed by atoms with Gasteiger partial charge in [-0.25, -0.2) is 0 Å². The third-order valence-corrected chi connectivity index (χ3v) is 5.22. The van der Waals surface area contributed by atoms with Crippen LogP contribution in [-0.2, 0) is 0 Å². The van der Waals surface area contributed by atoms with Crippen LogP contribution in [0.3, 0.4) is 0 Å². The average Bonchev–Trinajstić information content (AvgIpc) is 2.82. The van der Waals surface area contributed by atoms with Crippen LogP contribution in [0.25, 0.3) is 0 Å². The van der Waals surface area contributed by atoms with Gasteiger partial charge in [0.15, 0.2) is 0 Å². The van der Waals surface area contributed by atoms with Gasteiger partial charge >= 0.3 is 0 Å². The van der Waals surface area contributed by atoms with Crippen molar-refractivity contribution in [2.75, 3.05) is 39.3 Å². The highest BCUT2D eigenvalue weighted by molar-refractivity contribution is 4.86. The van der Waals surface area contributed by atoms with Gasteiger partial charge in [0.05, 0.1) is 0 Å². The molecule has 0 spiro atoms. The fourth-order valence-electron chi connectivity index (χ4n) is 4.09. The molecule has 1 unspecified atom stereocenters. The molecule has 3 saturated heterocycles. The van der Waals surface area contributed by atoms with Gasteiger partial charge in [-0.2, -0.15) is 0 Å². The maximum absolute atomic E-state index is 3.53. The molecule has 104 valence electrons. The Hall–Kier alpha value is -0.120. The van der Waals surface area contributed by atoms with Crippen LogP contribution in [-0.4, -0.2) is 61.2 Å². The van der Waals surface area contributed by atoms with Crippen molar-refractivity contribution in [1.82, 2.24) is 15.1 Å². The molecule has 0 amide bonds. The van der Waals surface area contributed by atoms with Gasteiger partial charge in [-0.15, -0.1) is 0 Å². The molecule has 0 radical (unpaired) electrons. The summed E-state index contributed by atoms with van der Waals surface area (Å²) in [7, 11) is 0. The van der Waals surface area contributed by atoms with Gasteiger partial charge in [-0.3, -0.25) is 0 Å². The maximum Gasteiger partial charge on any atom is 0.0120 e. The summed E-state index contributed by atoms with van der Waals surface area (Å²) >= 11 is 0. The Kier molecular flexibility index (Phi) is 4.55. The topological polar surface area (TPSA) is 18.5 Å². The van der Waals surface area contributed by atoms with Crippen LogP contribution in [0.4, 0.5) is 0 Å². The fourth-order valence-corrected chi connectivity index (χ4v) is 4.09. The molecule has 1 N–H and O–H groups in total. The lowest BCUT2D eigenvalue weighted by atomic mass is 9.99. The van der Waals surface area contributed by atoms with E-state index in [9.17, 15) is 0 Å². The second-order valence-corrected chi connectivity index (χ2v) is 6.34. The minimum absolute atomic E-state index is 0.875. The van der Waals surface area contributed by atoms with Crippen molar-refractivity contribution in [2.24, 2.45) is 0 Å². The summed E-state index contributed by atoms with van der Waals surface area (Å²) in [5.74, 6) is 0. The number of hydrogen-bond donors (Lipinski definition) is 1. The predicted octanol–water partition coefficient (Wildman–Crippen LogP) is 1.69. The molecule has 0 aromatic heterocycles. The lowest BCUT2D eigenvalue weighted by Gasteiger charge is -2.40. The zero-order valence-corrected chi connectivity index (χ0v) is 11.7. The second-order valence-electron chi connectivity index (χ2n) is 6.34. The van der Waals surface area contributed by atoms with Crippen molar-refractivity contribution in [2.45, 2.75) is 57.0 Å². The monoisotopic (exact) mass is 251 g/mol. The Balaban J connectivity index is 1.46. The van der Waals surface area contributed by atoms with Gasteiger partial charge in [-0.1, -0.05) is 0 Å². The Morgan fingerprint density at radius 3 is 2.06 bits per heavy atom. The van der Waals surface area contributed by atoms with Crippen molar-refractivity contribution in [3.05, 3.63) is 0 Å². The normalized spacial score (nSPS) is 33.7. The molecule has 0 aliphatic carbocycles. The Morgan fingerprint density at radius 2 is 1.28 bits per heavy atom. The van der Waals surface area contributed by atoms with E-state index in [-0.39, 0.29) is 0 Å². The highest BCUT2D eigenvalue weighted by atomic mass is 15.2. The minimum Gasteiger partial charge on any atom is -0.317 e. The van der Waals surface area contributed by atoms with Crippen LogP contribution in [0.15, 0.2) is 0 Å². The van der Waals surface area contributed by atoms with Crippen LogP contribution in [0.5, 0.6) is 0 Å². The van der Waals surface area contributed by atoms with Gasteiger partial charge in [0.1, 0.15) is 0 Å². The van der Waals surface area contributed by atoms with E-state index in [1.165, 1.54) is 84.2 Å². The van der Waals surface area contributed by atoms with E-state index in [1.54, 1.807) is 0 Å². The van der Waals surface area contributed by atoms with Gasteiger partial charge in [0, 0.05) is 12.1 Å². The van der Waals surface area contributed by atoms with E-state index in [1.807, 2.05) is 0 Å². The summed E-state index contributed by atoms with van der Waals surface area (Å²) in [6.45, 7) is 7.92. The quantitative estimate of drug-likeness (QED) is 0.806. The first-order chi connectivity index (χ1) is 8.93. The highest BCUT2D eigenvalue weighted by Crippen LogP contribution is 2.24. The number of piperidine rings is 1. The first-order valence-electron chi connectivity index (χ1n) is 8.12. The van der Waals surface area contributed by atoms with E-state index in [0.717, 1.165) is 12.1 Å². The largest absolute Gasteiger partial charge is 0.317 e. The number of nitrogens with one attached hydrogen (secondary N) is 1. The third-order valence-electron chi connectivity index (χ3n) is 5.22. The van der Waals surface area contributed by atoms with Crippen LogP contribution in [0.1, 0.15) is 44.9 Å². The molecule has 0 aromatic carbocycles. The molecular weight excluding hydrogens is 222 g/mol. The first kappa shape index (κ1) is 12.9. The smallest absolute Gasteiger partial charge is 0.0120 e. The SMILES string of the molecule is C1CNCCC(N2CCC(N3CCCC3)CC2)C1. The molecule has 3 aliphatic rings. The van der Waals surface area contributed by atoms with E-state index in [2.05, 4.69) is 15.1 Å². The summed E-state index contributed by atoms with van der Waals surface area (Å²) in [5.41, 5.74) is 0. The van der Waals surface area contributed by atoms with Gasteiger partial charge < -0.3 is 15.1 Å². The van der Waals surface area contributed by atoms with Crippen LogP contribution >= 0.6 is 0 Å². The summed E-state index contributed by atoms with van der Waals surface area (Å²) in [6, 6.07) is 1.78. The van der Waals surface area contributed by atoms with E-state index < -0.39 is 0 Å². The molecule has 0 saturated carbocycles. The lowest BCUT2D eigenvalue weighted by molar-refractivity contribution is 0.0909. The molecule has 3 nitrogen and oxygen atoms in total. The zero-order valence-electron chi connectivity index (χ0n) is 11.7. The van der Waals surface area contributed by atoms with Gasteiger partial charge in [0.25, 0.3) is 0 Å². The second kappa shape index (κ2) is 6.36. The molecule has 3 rings (SSSR count). The third kappa shape index (κ3) is 3.06. The number of rotatable bonds is 2. The van der Waals surface area contributed by atoms with E-state index in [4.69, 9.17) is 0 Å². The number of nitrogens with zero attached hydrogens (tertiary/aromatic N) is 2. The average molecular weight is 251 g/mol. The Morgan fingerprint density at radius 1 is 0.611 bits per heavy atom. The van der Waals surface area contributed by atoms with Crippen LogP contribution < -0.4 is 5.32 Å². The lowest BCUT2D eigenvalue weighted by Crippen LogP contribution is -2.47. The standard InChI is InChI=1S/C15H29N3/c1-2-11-17(10-1)15-6-12-18(13-7-15)14-4-3-8-16-9-5-14/h14-16H,1-13H2. The first-order valence-corrected chi connectivity index (χ1v) is 8.12. The van der Waals surface area contributed by atoms with Gasteiger partial charge in [-0.05, 0) is 84.2 Å². The molecule has 3 heteroatoms. The van der Waals surface area contributed by atoms with Crippen molar-refractivity contribution in [1.29, 1.82) is 0 Å². The molecule has 0 bridgehead atoms. The maximum atomic E-state index is 3.53. The predicted molar refractivity (Wildman–Crippen MR) is 75.9 cm³/mol. The molecule has 3 heterocycles. The molecule has 18 heavy (non-hydrogen) atoms. The Labute approximate surface area is 112 Å². The summed E-state index contributed by atoms with van der Waals surface area (Å²) in [6.07, 6.45) is 9.88. The fraction of sp³-hybridized carbons (Fsp3) is 1.00. The number of hydrogen-bond acceptors (Lipinski definition) is 3. The van der Waals surface area contributed by atoms with Crippen molar-refractivity contribution in [3.63, 3.8) is 0 Å². The van der Waals surface area contributed by atoms with Gasteiger partial charge in [0.2, 0.25) is 0 Å². The zero-order chi connectivity index (χ0) is 12.2. The van der Waals surface area contributed by atoms with Crippen molar-refractivity contribution >= 4 is 0 Å². The Bertz CT molecular complexity index is 234. The summed E-state index contributed by atoms with van der Waals surface area (Å²) < 4.78 is 0. The van der Waals surface area contributed by atoms with E-state index in [0.29, 0.717) is 0 Å². The molecule has 3 aliphatic heterocycles. The summed E-state index contributed by atoms with van der Waals surface area (Å²) in [4.78, 5) is 5.55. The highest BCUT2D eigenvalue weighted by Gasteiger charge is 2.29. The molecule has 0 aromatic rings. The van der Waals surface area contributed by atoms with E-state index >= 15 is 0 Å². The van der Waals surface area contributed by atoms with Crippen molar-refractivity contribution in [3.8, 4) is 0 Å². The minimum atomic E-state index is 0.875. The summed E-state index contributed by atoms with van der Waals surface area (Å²) in [5, 5.41) is 3.53. The molecular formula is C15H29N3. The van der Waals surface area contributed by atoms with Crippen molar-refractivity contribution < 1.29 is 0 Å². The van der Waals surface area contributed by atoms with Crippen LogP contribution in [0, 0.1) is 0 Å².